The third-order valence-electron chi connectivity index (χ3n) is 2.59. The van der Waals surface area contributed by atoms with Crippen LogP contribution in [0.2, 0.25) is 5.02 Å². The summed E-state index contributed by atoms with van der Waals surface area (Å²) >= 11 is 9.27. The SMILES string of the molecule is N#Cc1ccc(OCC(=O)c2ccc(Br)cc2)c(Cl)c1. The highest BCUT2D eigenvalue weighted by Gasteiger charge is 2.09. The van der Waals surface area contributed by atoms with Crippen LogP contribution in [0.15, 0.2) is 46.9 Å². The molecule has 2 aromatic carbocycles. The minimum absolute atomic E-state index is 0.104. The molecule has 0 saturated carbocycles. The van der Waals surface area contributed by atoms with Crippen molar-refractivity contribution in [2.75, 3.05) is 6.61 Å². The average molecular weight is 351 g/mol. The molecule has 0 fully saturated rings. The van der Waals surface area contributed by atoms with E-state index in [1.807, 2.05) is 6.07 Å². The van der Waals surface area contributed by atoms with E-state index in [1.165, 1.54) is 6.07 Å². The molecule has 0 aliphatic rings. The molecule has 0 atom stereocenters. The van der Waals surface area contributed by atoms with Gasteiger partial charge >= 0.3 is 0 Å². The van der Waals surface area contributed by atoms with Gasteiger partial charge in [-0.15, -0.1) is 0 Å². The number of ketones is 1. The van der Waals surface area contributed by atoms with Crippen LogP contribution in [-0.4, -0.2) is 12.4 Å². The number of hydrogen-bond donors (Lipinski definition) is 0. The highest BCUT2D eigenvalue weighted by atomic mass is 79.9. The van der Waals surface area contributed by atoms with Gasteiger partial charge in [0.25, 0.3) is 0 Å². The van der Waals surface area contributed by atoms with Gasteiger partial charge in [0.05, 0.1) is 16.7 Å². The molecule has 0 aromatic heterocycles. The Morgan fingerprint density at radius 2 is 1.95 bits per heavy atom. The molecule has 0 aliphatic carbocycles. The predicted molar refractivity (Wildman–Crippen MR) is 80.1 cm³/mol. The minimum Gasteiger partial charge on any atom is -0.484 e. The summed E-state index contributed by atoms with van der Waals surface area (Å²) in [5, 5.41) is 9.05. The topological polar surface area (TPSA) is 50.1 Å². The molecule has 0 N–H and O–H groups in total. The number of nitriles is 1. The molecule has 0 radical (unpaired) electrons. The molecule has 0 unspecified atom stereocenters. The van der Waals surface area contributed by atoms with Gasteiger partial charge in [-0.1, -0.05) is 39.7 Å². The van der Waals surface area contributed by atoms with Gasteiger partial charge in [0.2, 0.25) is 0 Å². The van der Waals surface area contributed by atoms with Crippen molar-refractivity contribution in [2.45, 2.75) is 0 Å². The number of hydrogen-bond acceptors (Lipinski definition) is 3. The van der Waals surface area contributed by atoms with Crippen molar-refractivity contribution in [1.29, 1.82) is 5.26 Å². The summed E-state index contributed by atoms with van der Waals surface area (Å²) in [5.41, 5.74) is 1.01. The maximum Gasteiger partial charge on any atom is 0.200 e. The van der Waals surface area contributed by atoms with E-state index in [0.29, 0.717) is 21.9 Å². The molecule has 3 nitrogen and oxygen atoms in total. The second kappa shape index (κ2) is 6.56. The van der Waals surface area contributed by atoms with Crippen LogP contribution in [-0.2, 0) is 0 Å². The summed E-state index contributed by atoms with van der Waals surface area (Å²) in [4.78, 5) is 11.9. The number of rotatable bonds is 4. The van der Waals surface area contributed by atoms with Gasteiger partial charge < -0.3 is 4.74 Å². The first kappa shape index (κ1) is 14.6. The molecule has 0 bridgehead atoms. The second-order valence-corrected chi connectivity index (χ2v) is 5.30. The Morgan fingerprint density at radius 3 is 2.55 bits per heavy atom. The van der Waals surface area contributed by atoms with Crippen molar-refractivity contribution in [3.63, 3.8) is 0 Å². The lowest BCUT2D eigenvalue weighted by Crippen LogP contribution is -2.11. The number of halogens is 2. The summed E-state index contributed by atoms with van der Waals surface area (Å²) in [6.07, 6.45) is 0. The van der Waals surface area contributed by atoms with E-state index >= 15 is 0 Å². The Morgan fingerprint density at radius 1 is 1.25 bits per heavy atom. The predicted octanol–water partition coefficient (Wildman–Crippen LogP) is 4.24. The Labute approximate surface area is 129 Å². The highest BCUT2D eigenvalue weighted by Crippen LogP contribution is 2.25. The zero-order chi connectivity index (χ0) is 14.5. The molecule has 100 valence electrons. The molecule has 0 aliphatic heterocycles. The third-order valence-corrected chi connectivity index (χ3v) is 3.41. The second-order valence-electron chi connectivity index (χ2n) is 3.98. The molecule has 5 heteroatoms. The van der Waals surface area contributed by atoms with E-state index in [0.717, 1.165) is 4.47 Å². The Bertz CT molecular complexity index is 677. The van der Waals surface area contributed by atoms with Crippen LogP contribution in [0, 0.1) is 11.3 Å². The number of carbonyl (C=O) groups excluding carboxylic acids is 1. The standard InChI is InChI=1S/C15H9BrClNO2/c16-12-4-2-11(3-5-12)14(19)9-20-15-6-1-10(8-18)7-13(15)17/h1-7H,9H2. The molecule has 20 heavy (non-hydrogen) atoms. The van der Waals surface area contributed by atoms with Gasteiger partial charge in [0, 0.05) is 10.0 Å². The van der Waals surface area contributed by atoms with Crippen LogP contribution in [0.25, 0.3) is 0 Å². The van der Waals surface area contributed by atoms with E-state index in [4.69, 9.17) is 21.6 Å². The molecule has 2 aromatic rings. The highest BCUT2D eigenvalue weighted by molar-refractivity contribution is 9.10. The van der Waals surface area contributed by atoms with Gasteiger partial charge in [-0.05, 0) is 30.3 Å². The third kappa shape index (κ3) is 3.60. The molecule has 0 saturated heterocycles. The van der Waals surface area contributed by atoms with Crippen molar-refractivity contribution in [2.24, 2.45) is 0 Å². The summed E-state index contributed by atoms with van der Waals surface area (Å²) < 4.78 is 6.29. The summed E-state index contributed by atoms with van der Waals surface area (Å²) in [5.74, 6) is 0.244. The van der Waals surface area contributed by atoms with Gasteiger partial charge in [-0.3, -0.25) is 4.79 Å². The first-order valence-corrected chi connectivity index (χ1v) is 6.88. The molecule has 0 amide bonds. The summed E-state index contributed by atoms with van der Waals surface area (Å²) in [6.45, 7) is -0.104. The fourth-order valence-corrected chi connectivity index (χ4v) is 2.05. The van der Waals surface area contributed by atoms with Crippen molar-refractivity contribution in [3.05, 3.63) is 63.1 Å². The number of benzene rings is 2. The van der Waals surface area contributed by atoms with E-state index in [9.17, 15) is 4.79 Å². The lowest BCUT2D eigenvalue weighted by molar-refractivity contribution is 0.0921. The maximum atomic E-state index is 11.9. The smallest absolute Gasteiger partial charge is 0.200 e. The lowest BCUT2D eigenvalue weighted by atomic mass is 10.1. The van der Waals surface area contributed by atoms with Crippen molar-refractivity contribution in [1.82, 2.24) is 0 Å². The van der Waals surface area contributed by atoms with Crippen molar-refractivity contribution in [3.8, 4) is 11.8 Å². The van der Waals surface area contributed by atoms with E-state index in [2.05, 4.69) is 15.9 Å². The van der Waals surface area contributed by atoms with Crippen LogP contribution >= 0.6 is 27.5 Å². The number of carbonyl (C=O) groups is 1. The van der Waals surface area contributed by atoms with Crippen molar-refractivity contribution < 1.29 is 9.53 Å². The first-order chi connectivity index (χ1) is 9.60. The summed E-state index contributed by atoms with van der Waals surface area (Å²) in [7, 11) is 0. The van der Waals surface area contributed by atoms with Crippen LogP contribution in [0.1, 0.15) is 15.9 Å². The Balaban J connectivity index is 2.04. The van der Waals surface area contributed by atoms with Crippen LogP contribution < -0.4 is 4.74 Å². The zero-order valence-corrected chi connectivity index (χ0v) is 12.6. The Hall–Kier alpha value is -1.83. The van der Waals surface area contributed by atoms with Crippen LogP contribution in [0.4, 0.5) is 0 Å². The minimum atomic E-state index is -0.141. The van der Waals surface area contributed by atoms with Gasteiger partial charge in [0.1, 0.15) is 5.75 Å². The summed E-state index contributed by atoms with van der Waals surface area (Å²) in [6, 6.07) is 13.7. The average Bonchev–Trinajstić information content (AvgIpc) is 2.46. The zero-order valence-electron chi connectivity index (χ0n) is 10.3. The van der Waals surface area contributed by atoms with Crippen LogP contribution in [0.5, 0.6) is 5.75 Å². The number of nitrogens with zero attached hydrogens (tertiary/aromatic N) is 1. The monoisotopic (exact) mass is 349 g/mol. The van der Waals surface area contributed by atoms with E-state index < -0.39 is 0 Å². The quantitative estimate of drug-likeness (QED) is 0.775. The lowest BCUT2D eigenvalue weighted by Gasteiger charge is -2.07. The van der Waals surface area contributed by atoms with Gasteiger partial charge in [0.15, 0.2) is 12.4 Å². The van der Waals surface area contributed by atoms with Gasteiger partial charge in [-0.25, -0.2) is 0 Å². The van der Waals surface area contributed by atoms with E-state index in [1.54, 1.807) is 36.4 Å². The molecule has 0 heterocycles. The number of ether oxygens (including phenoxy) is 1. The maximum absolute atomic E-state index is 11.9. The van der Waals surface area contributed by atoms with Crippen LogP contribution in [0.3, 0.4) is 0 Å². The van der Waals surface area contributed by atoms with E-state index in [-0.39, 0.29) is 12.4 Å². The largest absolute Gasteiger partial charge is 0.484 e. The first-order valence-electron chi connectivity index (χ1n) is 5.71. The fraction of sp³-hybridized carbons (Fsp3) is 0.0667. The fourth-order valence-electron chi connectivity index (χ4n) is 1.55. The Kier molecular flexibility index (Phi) is 4.78. The molecule has 2 rings (SSSR count). The molecular weight excluding hydrogens is 342 g/mol. The van der Waals surface area contributed by atoms with Crippen molar-refractivity contribution >= 4 is 33.3 Å². The molecular formula is C15H9BrClNO2. The molecule has 0 spiro atoms. The normalized spacial score (nSPS) is 9.85. The van der Waals surface area contributed by atoms with Gasteiger partial charge in [-0.2, -0.15) is 5.26 Å². The number of Topliss-reactive ketones (excluding diaryl/α,β-unsaturated/α-hetero) is 1.